The molecule has 0 aromatic carbocycles. The Balaban J connectivity index is 1.57. The van der Waals surface area contributed by atoms with Gasteiger partial charge in [0.2, 0.25) is 0 Å². The van der Waals surface area contributed by atoms with Crippen molar-refractivity contribution in [3.05, 3.63) is 0 Å². The summed E-state index contributed by atoms with van der Waals surface area (Å²) in [7, 11) is 0. The molecule has 3 fully saturated rings. The lowest BCUT2D eigenvalue weighted by Crippen LogP contribution is -2.45. The van der Waals surface area contributed by atoms with Crippen LogP contribution in [0.1, 0.15) is 32.6 Å². The molecule has 0 aromatic heterocycles. The third kappa shape index (κ3) is 1.59. The average Bonchev–Trinajstić information content (AvgIpc) is 2.83. The molecule has 0 aromatic rings. The maximum Gasteiger partial charge on any atom is 0.0733 e. The fourth-order valence-corrected chi connectivity index (χ4v) is 4.25. The summed E-state index contributed by atoms with van der Waals surface area (Å²) < 4.78 is 5.86. The minimum Gasteiger partial charge on any atom is -0.373 e. The molecule has 3 saturated heterocycles. The van der Waals surface area contributed by atoms with Crippen molar-refractivity contribution >= 4 is 11.8 Å². The lowest BCUT2D eigenvalue weighted by atomic mass is 9.94. The largest absolute Gasteiger partial charge is 0.373 e. The fraction of sp³-hybridized carbons (Fsp3) is 1.00. The van der Waals surface area contributed by atoms with Crippen LogP contribution in [0.25, 0.3) is 0 Å². The van der Waals surface area contributed by atoms with Crippen LogP contribution in [0.15, 0.2) is 0 Å². The van der Waals surface area contributed by atoms with Crippen LogP contribution in [0, 0.1) is 0 Å². The number of fused-ring (bicyclic) bond motifs is 2. The number of thioether (sulfide) groups is 1. The molecule has 3 aliphatic rings. The molecule has 0 aliphatic carbocycles. The molecule has 2 bridgehead atoms. The van der Waals surface area contributed by atoms with Crippen molar-refractivity contribution in [1.29, 1.82) is 0 Å². The lowest BCUT2D eigenvalue weighted by Gasteiger charge is -2.26. The molecule has 3 heterocycles. The maximum absolute atomic E-state index is 5.86. The van der Waals surface area contributed by atoms with Gasteiger partial charge in [-0.1, -0.05) is 6.92 Å². The lowest BCUT2D eigenvalue weighted by molar-refractivity contribution is 0.0960. The van der Waals surface area contributed by atoms with E-state index in [0.717, 1.165) is 11.3 Å². The summed E-state index contributed by atoms with van der Waals surface area (Å²) in [5.74, 6) is 1.33. The van der Waals surface area contributed by atoms with E-state index in [0.29, 0.717) is 18.2 Å². The van der Waals surface area contributed by atoms with Gasteiger partial charge in [-0.2, -0.15) is 11.8 Å². The van der Waals surface area contributed by atoms with Crippen molar-refractivity contribution in [2.45, 2.75) is 62.1 Å². The Kier molecular flexibility index (Phi) is 2.50. The van der Waals surface area contributed by atoms with E-state index < -0.39 is 0 Å². The summed E-state index contributed by atoms with van der Waals surface area (Å²) in [6.45, 7) is 2.35. The van der Waals surface area contributed by atoms with Gasteiger partial charge in [-0.25, -0.2) is 0 Å². The van der Waals surface area contributed by atoms with Crippen LogP contribution >= 0.6 is 11.8 Å². The summed E-state index contributed by atoms with van der Waals surface area (Å²) in [6, 6.07) is 1.41. The van der Waals surface area contributed by atoms with E-state index in [1.807, 2.05) is 0 Å². The number of nitrogens with one attached hydrogen (secondary N) is 1. The molecule has 80 valence electrons. The van der Waals surface area contributed by atoms with Crippen molar-refractivity contribution < 1.29 is 4.74 Å². The zero-order valence-electron chi connectivity index (χ0n) is 8.74. The van der Waals surface area contributed by atoms with E-state index >= 15 is 0 Å². The predicted molar refractivity (Wildman–Crippen MR) is 59.8 cm³/mol. The molecule has 5 atom stereocenters. The minimum absolute atomic E-state index is 0.540. The maximum atomic E-state index is 5.86. The number of rotatable bonds is 2. The molecule has 3 aliphatic heterocycles. The topological polar surface area (TPSA) is 21.3 Å². The highest BCUT2D eigenvalue weighted by molar-refractivity contribution is 8.00. The Labute approximate surface area is 90.2 Å². The van der Waals surface area contributed by atoms with Crippen LogP contribution in [0.5, 0.6) is 0 Å². The van der Waals surface area contributed by atoms with Gasteiger partial charge in [-0.3, -0.25) is 0 Å². The van der Waals surface area contributed by atoms with E-state index in [2.05, 4.69) is 24.0 Å². The first-order valence-electron chi connectivity index (χ1n) is 5.86. The monoisotopic (exact) mass is 213 g/mol. The van der Waals surface area contributed by atoms with Crippen LogP contribution < -0.4 is 5.32 Å². The second-order valence-corrected chi connectivity index (χ2v) is 6.34. The minimum atomic E-state index is 0.540. The second-order valence-electron chi connectivity index (χ2n) is 4.85. The molecule has 1 N–H and O–H groups in total. The highest BCUT2D eigenvalue weighted by Crippen LogP contribution is 2.36. The van der Waals surface area contributed by atoms with Gasteiger partial charge in [0.25, 0.3) is 0 Å². The van der Waals surface area contributed by atoms with Gasteiger partial charge in [0.1, 0.15) is 0 Å². The Hall–Kier alpha value is 0.270. The van der Waals surface area contributed by atoms with E-state index in [1.54, 1.807) is 0 Å². The Morgan fingerprint density at radius 3 is 2.71 bits per heavy atom. The highest BCUT2D eigenvalue weighted by atomic mass is 32.2. The third-order valence-electron chi connectivity index (χ3n) is 3.91. The average molecular weight is 213 g/mol. The Bertz CT molecular complexity index is 223. The standard InChI is InChI=1S/C11H19NOS/c1-7-9(4-5-14-7)12-10-6-8-2-3-11(10)13-8/h7-12H,2-6H2,1H3/t7?,8?,9?,10-,11?/m0/s1. The highest BCUT2D eigenvalue weighted by Gasteiger charge is 2.42. The number of ether oxygens (including phenoxy) is 1. The first kappa shape index (κ1) is 9.49. The van der Waals surface area contributed by atoms with Crippen LogP contribution in [0.3, 0.4) is 0 Å². The van der Waals surface area contributed by atoms with Gasteiger partial charge in [0, 0.05) is 17.3 Å². The number of hydrogen-bond acceptors (Lipinski definition) is 3. The quantitative estimate of drug-likeness (QED) is 0.755. The molecule has 0 saturated carbocycles. The molecule has 0 spiro atoms. The van der Waals surface area contributed by atoms with Gasteiger partial charge in [0.15, 0.2) is 0 Å². The Morgan fingerprint density at radius 1 is 1.21 bits per heavy atom. The van der Waals surface area contributed by atoms with Crippen LogP contribution in [-0.4, -0.2) is 35.3 Å². The van der Waals surface area contributed by atoms with Crippen molar-refractivity contribution in [2.24, 2.45) is 0 Å². The molecule has 2 nitrogen and oxygen atoms in total. The van der Waals surface area contributed by atoms with Gasteiger partial charge in [-0.15, -0.1) is 0 Å². The van der Waals surface area contributed by atoms with E-state index in [1.165, 1.54) is 31.4 Å². The number of hydrogen-bond donors (Lipinski definition) is 1. The van der Waals surface area contributed by atoms with Crippen LogP contribution in [0.4, 0.5) is 0 Å². The molecular weight excluding hydrogens is 194 g/mol. The molecule has 3 rings (SSSR count). The Morgan fingerprint density at radius 2 is 2.14 bits per heavy atom. The predicted octanol–water partition coefficient (Wildman–Crippen LogP) is 1.79. The molecule has 0 amide bonds. The van der Waals surface area contributed by atoms with Gasteiger partial charge >= 0.3 is 0 Å². The summed E-state index contributed by atoms with van der Waals surface area (Å²) >= 11 is 2.11. The van der Waals surface area contributed by atoms with E-state index in [-0.39, 0.29) is 0 Å². The van der Waals surface area contributed by atoms with Crippen molar-refractivity contribution in [3.63, 3.8) is 0 Å². The summed E-state index contributed by atoms with van der Waals surface area (Å²) in [6.07, 6.45) is 6.33. The zero-order valence-corrected chi connectivity index (χ0v) is 9.56. The first-order chi connectivity index (χ1) is 6.83. The smallest absolute Gasteiger partial charge is 0.0733 e. The molecule has 14 heavy (non-hydrogen) atoms. The molecule has 0 radical (unpaired) electrons. The third-order valence-corrected chi connectivity index (χ3v) is 5.24. The fourth-order valence-electron chi connectivity index (χ4n) is 3.04. The van der Waals surface area contributed by atoms with Crippen molar-refractivity contribution in [1.82, 2.24) is 5.32 Å². The van der Waals surface area contributed by atoms with Gasteiger partial charge in [0.05, 0.1) is 12.2 Å². The van der Waals surface area contributed by atoms with E-state index in [4.69, 9.17) is 4.74 Å². The molecular formula is C11H19NOS. The normalized spacial score (nSPS) is 51.6. The zero-order chi connectivity index (χ0) is 9.54. The van der Waals surface area contributed by atoms with E-state index in [9.17, 15) is 0 Å². The summed E-state index contributed by atoms with van der Waals surface area (Å²) in [4.78, 5) is 0. The first-order valence-corrected chi connectivity index (χ1v) is 6.91. The van der Waals surface area contributed by atoms with Crippen molar-refractivity contribution in [2.75, 3.05) is 5.75 Å². The summed E-state index contributed by atoms with van der Waals surface area (Å²) in [5, 5.41) is 4.61. The van der Waals surface area contributed by atoms with Crippen LogP contribution in [0.2, 0.25) is 0 Å². The van der Waals surface area contributed by atoms with Gasteiger partial charge in [-0.05, 0) is 31.4 Å². The molecule has 4 unspecified atom stereocenters. The SMILES string of the molecule is CC1SCCC1N[C@H]1CC2CCC1O2. The van der Waals surface area contributed by atoms with Gasteiger partial charge < -0.3 is 10.1 Å². The second kappa shape index (κ2) is 3.69. The van der Waals surface area contributed by atoms with Crippen LogP contribution in [-0.2, 0) is 4.74 Å². The summed E-state index contributed by atoms with van der Waals surface area (Å²) in [5.41, 5.74) is 0. The van der Waals surface area contributed by atoms with Crippen molar-refractivity contribution in [3.8, 4) is 0 Å². The molecule has 3 heteroatoms.